The van der Waals surface area contributed by atoms with Crippen LogP contribution in [0, 0.1) is 5.92 Å². The number of nitrogens with one attached hydrogen (secondary N) is 1. The Hall–Kier alpha value is -1.27. The van der Waals surface area contributed by atoms with Crippen LogP contribution in [0.4, 0.5) is 0 Å². The fourth-order valence-corrected chi connectivity index (χ4v) is 1.97. The molecule has 1 unspecified atom stereocenters. The van der Waals surface area contributed by atoms with Crippen molar-refractivity contribution in [2.24, 2.45) is 5.92 Å². The molecule has 1 N–H and O–H groups in total. The van der Waals surface area contributed by atoms with Crippen LogP contribution in [0.1, 0.15) is 19.7 Å². The fourth-order valence-electron chi connectivity index (χ4n) is 1.97. The average molecular weight is 252 g/mol. The summed E-state index contributed by atoms with van der Waals surface area (Å²) in [6, 6.07) is 0. The van der Waals surface area contributed by atoms with Gasteiger partial charge < -0.3 is 10.1 Å². The van der Waals surface area contributed by atoms with E-state index >= 15 is 0 Å². The van der Waals surface area contributed by atoms with Crippen molar-refractivity contribution in [3.63, 3.8) is 0 Å². The van der Waals surface area contributed by atoms with Gasteiger partial charge in [-0.3, -0.25) is 4.79 Å². The zero-order chi connectivity index (χ0) is 13.0. The second-order valence-corrected chi connectivity index (χ2v) is 4.96. The number of hydrogen-bond acceptors (Lipinski definition) is 5. The van der Waals surface area contributed by atoms with Gasteiger partial charge in [0.1, 0.15) is 18.3 Å². The molecule has 0 saturated carbocycles. The lowest BCUT2D eigenvalue weighted by atomic mass is 10.1. The predicted octanol–water partition coefficient (Wildman–Crippen LogP) is 0.0341. The lowest BCUT2D eigenvalue weighted by molar-refractivity contribution is -0.131. The van der Waals surface area contributed by atoms with Gasteiger partial charge in [-0.2, -0.15) is 5.10 Å². The topological polar surface area (TPSA) is 69.0 Å². The summed E-state index contributed by atoms with van der Waals surface area (Å²) in [4.78, 5) is 16.2. The van der Waals surface area contributed by atoms with Gasteiger partial charge in [0.15, 0.2) is 5.78 Å². The molecule has 2 heterocycles. The second kappa shape index (κ2) is 6.06. The summed E-state index contributed by atoms with van der Waals surface area (Å²) in [6.45, 7) is 7.01. The number of Topliss-reactive ketones (excluding diaryl/α,β-unsaturated/α-hetero) is 1. The van der Waals surface area contributed by atoms with E-state index < -0.39 is 0 Å². The molecular weight excluding hydrogens is 232 g/mol. The zero-order valence-electron chi connectivity index (χ0n) is 10.9. The lowest BCUT2D eigenvalue weighted by Gasteiger charge is -2.22. The van der Waals surface area contributed by atoms with E-state index in [9.17, 15) is 4.79 Å². The first-order valence-corrected chi connectivity index (χ1v) is 6.38. The van der Waals surface area contributed by atoms with E-state index in [1.165, 1.54) is 6.33 Å². The number of hydrogen-bond donors (Lipinski definition) is 1. The summed E-state index contributed by atoms with van der Waals surface area (Å²) in [5.41, 5.74) is 0. The Morgan fingerprint density at radius 3 is 3.17 bits per heavy atom. The maximum atomic E-state index is 12.1. The molecule has 1 fully saturated rings. The van der Waals surface area contributed by atoms with Crippen molar-refractivity contribution in [1.82, 2.24) is 20.1 Å². The van der Waals surface area contributed by atoms with Gasteiger partial charge in [0.2, 0.25) is 0 Å². The molecule has 1 aromatic rings. The van der Waals surface area contributed by atoms with E-state index in [2.05, 4.69) is 29.2 Å². The minimum atomic E-state index is -0.344. The van der Waals surface area contributed by atoms with Crippen molar-refractivity contribution in [2.75, 3.05) is 19.7 Å². The molecular formula is C12H20N4O2. The number of carbonyl (C=O) groups is 1. The number of nitrogens with zero attached hydrogens (tertiary/aromatic N) is 3. The van der Waals surface area contributed by atoms with Crippen LogP contribution in [0.2, 0.25) is 0 Å². The van der Waals surface area contributed by atoms with E-state index in [0.717, 1.165) is 18.9 Å². The Bertz CT molecular complexity index is 397. The number of aromatic nitrogens is 3. The molecule has 0 aromatic carbocycles. The highest BCUT2D eigenvalue weighted by Crippen LogP contribution is 2.06. The summed E-state index contributed by atoms with van der Waals surface area (Å²) < 4.78 is 7.24. The minimum Gasteiger partial charge on any atom is -0.368 e. The standard InChI is InChI=1S/C12H20N4O2/c1-9(2)7-16-12(14-8-15-16)5-10(17)11-6-13-3-4-18-11/h8-9,11,13H,3-7H2,1-2H3. The van der Waals surface area contributed by atoms with E-state index in [4.69, 9.17) is 4.74 Å². The normalized spacial score (nSPS) is 20.3. The summed E-state index contributed by atoms with van der Waals surface area (Å²) in [5, 5.41) is 7.30. The molecule has 0 amide bonds. The Morgan fingerprint density at radius 1 is 1.67 bits per heavy atom. The highest BCUT2D eigenvalue weighted by atomic mass is 16.5. The van der Waals surface area contributed by atoms with Crippen molar-refractivity contribution in [1.29, 1.82) is 0 Å². The van der Waals surface area contributed by atoms with Gasteiger partial charge in [-0.15, -0.1) is 0 Å². The second-order valence-electron chi connectivity index (χ2n) is 4.96. The van der Waals surface area contributed by atoms with Gasteiger partial charge in [-0.1, -0.05) is 13.8 Å². The Morgan fingerprint density at radius 2 is 2.50 bits per heavy atom. The summed E-state index contributed by atoms with van der Waals surface area (Å²) in [5.74, 6) is 1.27. The van der Waals surface area contributed by atoms with Gasteiger partial charge in [-0.25, -0.2) is 9.67 Å². The molecule has 0 aliphatic carbocycles. The third kappa shape index (κ3) is 3.36. The molecule has 1 aliphatic heterocycles. The minimum absolute atomic E-state index is 0.0696. The quantitative estimate of drug-likeness (QED) is 0.801. The molecule has 18 heavy (non-hydrogen) atoms. The molecule has 100 valence electrons. The van der Waals surface area contributed by atoms with E-state index in [1.54, 1.807) is 4.68 Å². The molecule has 0 radical (unpaired) electrons. The highest BCUT2D eigenvalue weighted by Gasteiger charge is 2.23. The van der Waals surface area contributed by atoms with Crippen LogP contribution in [-0.2, 0) is 22.5 Å². The van der Waals surface area contributed by atoms with Crippen LogP contribution in [0.15, 0.2) is 6.33 Å². The van der Waals surface area contributed by atoms with Gasteiger partial charge in [0, 0.05) is 19.6 Å². The van der Waals surface area contributed by atoms with Crippen LogP contribution >= 0.6 is 0 Å². The third-order valence-electron chi connectivity index (χ3n) is 2.85. The third-order valence-corrected chi connectivity index (χ3v) is 2.85. The van der Waals surface area contributed by atoms with Crippen molar-refractivity contribution < 1.29 is 9.53 Å². The SMILES string of the molecule is CC(C)Cn1ncnc1CC(=O)C1CNCCO1. The first kappa shape index (κ1) is 13.2. The lowest BCUT2D eigenvalue weighted by Crippen LogP contribution is -2.43. The van der Waals surface area contributed by atoms with Gasteiger partial charge >= 0.3 is 0 Å². The zero-order valence-corrected chi connectivity index (χ0v) is 10.9. The first-order chi connectivity index (χ1) is 8.66. The van der Waals surface area contributed by atoms with Crippen molar-refractivity contribution in [2.45, 2.75) is 32.9 Å². The van der Waals surface area contributed by atoms with E-state index in [0.29, 0.717) is 25.5 Å². The van der Waals surface area contributed by atoms with Crippen LogP contribution in [0.5, 0.6) is 0 Å². The van der Waals surface area contributed by atoms with Crippen LogP contribution < -0.4 is 5.32 Å². The smallest absolute Gasteiger partial charge is 0.170 e. The molecule has 0 spiro atoms. The Kier molecular flexibility index (Phi) is 4.43. The van der Waals surface area contributed by atoms with Crippen molar-refractivity contribution >= 4 is 5.78 Å². The average Bonchev–Trinajstić information content (AvgIpc) is 2.77. The van der Waals surface area contributed by atoms with Crippen LogP contribution in [0.25, 0.3) is 0 Å². The molecule has 0 bridgehead atoms. The van der Waals surface area contributed by atoms with Crippen molar-refractivity contribution in [3.05, 3.63) is 12.2 Å². The van der Waals surface area contributed by atoms with Crippen LogP contribution in [0.3, 0.4) is 0 Å². The summed E-state index contributed by atoms with van der Waals surface area (Å²) >= 11 is 0. The summed E-state index contributed by atoms with van der Waals surface area (Å²) in [6.07, 6.45) is 1.45. The number of carbonyl (C=O) groups excluding carboxylic acids is 1. The van der Waals surface area contributed by atoms with E-state index in [-0.39, 0.29) is 11.9 Å². The molecule has 1 aliphatic rings. The molecule has 6 nitrogen and oxygen atoms in total. The Balaban J connectivity index is 1.95. The molecule has 2 rings (SSSR count). The number of ketones is 1. The van der Waals surface area contributed by atoms with Crippen molar-refractivity contribution in [3.8, 4) is 0 Å². The number of ether oxygens (including phenoxy) is 1. The number of morpholine rings is 1. The van der Waals surface area contributed by atoms with Gasteiger partial charge in [-0.05, 0) is 5.92 Å². The fraction of sp³-hybridized carbons (Fsp3) is 0.750. The largest absolute Gasteiger partial charge is 0.368 e. The first-order valence-electron chi connectivity index (χ1n) is 6.38. The molecule has 6 heteroatoms. The van der Waals surface area contributed by atoms with E-state index in [1.807, 2.05) is 0 Å². The summed E-state index contributed by atoms with van der Waals surface area (Å²) in [7, 11) is 0. The predicted molar refractivity (Wildman–Crippen MR) is 66.2 cm³/mol. The molecule has 1 saturated heterocycles. The van der Waals surface area contributed by atoms with Gasteiger partial charge in [0.25, 0.3) is 0 Å². The van der Waals surface area contributed by atoms with Gasteiger partial charge in [0.05, 0.1) is 13.0 Å². The maximum Gasteiger partial charge on any atom is 0.170 e. The molecule has 1 atom stereocenters. The number of rotatable bonds is 5. The van der Waals surface area contributed by atoms with Crippen LogP contribution in [-0.4, -0.2) is 46.3 Å². The monoisotopic (exact) mass is 252 g/mol. The Labute approximate surface area is 107 Å². The maximum absolute atomic E-state index is 12.1. The molecule has 1 aromatic heterocycles. The highest BCUT2D eigenvalue weighted by molar-refractivity contribution is 5.84.